The lowest BCUT2D eigenvalue weighted by Gasteiger charge is -2.35. The number of amides is 5. The first-order valence-corrected chi connectivity index (χ1v) is 14.6. The van der Waals surface area contributed by atoms with E-state index >= 15 is 0 Å². The van der Waals surface area contributed by atoms with Gasteiger partial charge in [-0.2, -0.15) is 0 Å². The van der Waals surface area contributed by atoms with Crippen LogP contribution in [0.1, 0.15) is 42.6 Å². The number of anilines is 1. The Bertz CT molecular complexity index is 1510. The Labute approximate surface area is 253 Å². The molecule has 3 unspecified atom stereocenters. The first kappa shape index (κ1) is 30.4. The Morgan fingerprint density at radius 2 is 1.70 bits per heavy atom. The SMILES string of the molecule is NC(=O)NCC1CCCC(CNC(=O)C2Cc3ncn(Cc4ccc([N+](=O)[O-])cc4)c3CN2C(=O)Nc2ccc(F)cc2)C1. The van der Waals surface area contributed by atoms with Gasteiger partial charge < -0.3 is 31.2 Å². The number of nitrogens with two attached hydrogens (primary N) is 1. The summed E-state index contributed by atoms with van der Waals surface area (Å²) in [5.74, 6) is -0.220. The molecule has 232 valence electrons. The second kappa shape index (κ2) is 13.5. The number of carbonyl (C=O) groups is 3. The smallest absolute Gasteiger partial charge is 0.322 e. The van der Waals surface area contributed by atoms with E-state index in [2.05, 4.69) is 20.9 Å². The molecular weight excluding hydrogens is 571 g/mol. The van der Waals surface area contributed by atoms with E-state index in [0.717, 1.165) is 36.9 Å². The lowest BCUT2D eigenvalue weighted by atomic mass is 9.81. The Kier molecular flexibility index (Phi) is 9.36. The molecular formula is C30H35FN8O5. The van der Waals surface area contributed by atoms with E-state index in [9.17, 15) is 28.9 Å². The molecule has 1 saturated carbocycles. The van der Waals surface area contributed by atoms with Gasteiger partial charge in [-0.1, -0.05) is 18.6 Å². The van der Waals surface area contributed by atoms with Crippen molar-refractivity contribution in [2.75, 3.05) is 18.4 Å². The molecule has 14 heteroatoms. The number of halogens is 1. The Morgan fingerprint density at radius 3 is 2.36 bits per heavy atom. The molecule has 1 aliphatic heterocycles. The van der Waals surface area contributed by atoms with Crippen molar-refractivity contribution < 1.29 is 23.7 Å². The minimum atomic E-state index is -0.832. The molecule has 5 amide bonds. The topological polar surface area (TPSA) is 178 Å². The number of imidazole rings is 1. The summed E-state index contributed by atoms with van der Waals surface area (Å²) in [6, 6.07) is 9.69. The molecule has 3 atom stereocenters. The van der Waals surface area contributed by atoms with Gasteiger partial charge in [-0.3, -0.25) is 14.9 Å². The van der Waals surface area contributed by atoms with Crippen molar-refractivity contribution in [1.82, 2.24) is 25.1 Å². The Morgan fingerprint density at radius 1 is 1.02 bits per heavy atom. The van der Waals surface area contributed by atoms with Gasteiger partial charge in [0.25, 0.3) is 5.69 Å². The molecule has 0 radical (unpaired) electrons. The molecule has 5 rings (SSSR count). The number of hydrogen-bond donors (Lipinski definition) is 4. The predicted molar refractivity (Wildman–Crippen MR) is 159 cm³/mol. The third kappa shape index (κ3) is 7.49. The van der Waals surface area contributed by atoms with Gasteiger partial charge in [-0.15, -0.1) is 0 Å². The number of primary amides is 1. The van der Waals surface area contributed by atoms with Gasteiger partial charge in [0.15, 0.2) is 0 Å². The Hall–Kier alpha value is -5.01. The quantitative estimate of drug-likeness (QED) is 0.214. The van der Waals surface area contributed by atoms with E-state index in [1.807, 2.05) is 4.57 Å². The number of carbonyl (C=O) groups excluding carboxylic acids is 3. The minimum Gasteiger partial charge on any atom is -0.354 e. The van der Waals surface area contributed by atoms with E-state index in [4.69, 9.17) is 5.73 Å². The maximum absolute atomic E-state index is 13.6. The maximum Gasteiger partial charge on any atom is 0.322 e. The van der Waals surface area contributed by atoms with Gasteiger partial charge in [0.1, 0.15) is 11.9 Å². The van der Waals surface area contributed by atoms with Gasteiger partial charge in [-0.25, -0.2) is 19.0 Å². The fourth-order valence-electron chi connectivity index (χ4n) is 5.98. The van der Waals surface area contributed by atoms with Crippen LogP contribution in [-0.2, 0) is 24.3 Å². The summed E-state index contributed by atoms with van der Waals surface area (Å²) in [6.45, 7) is 1.41. The summed E-state index contributed by atoms with van der Waals surface area (Å²) in [5.41, 5.74) is 7.85. The first-order chi connectivity index (χ1) is 21.2. The molecule has 2 aromatic carbocycles. The lowest BCUT2D eigenvalue weighted by molar-refractivity contribution is -0.384. The number of urea groups is 2. The summed E-state index contributed by atoms with van der Waals surface area (Å²) in [5, 5.41) is 19.5. The van der Waals surface area contributed by atoms with Crippen molar-refractivity contribution in [2.45, 2.75) is 51.2 Å². The average Bonchev–Trinajstić information content (AvgIpc) is 3.41. The third-order valence-corrected chi connectivity index (χ3v) is 8.30. The van der Waals surface area contributed by atoms with E-state index in [-0.39, 0.29) is 36.4 Å². The highest BCUT2D eigenvalue weighted by atomic mass is 19.1. The Balaban J connectivity index is 1.31. The zero-order valence-electron chi connectivity index (χ0n) is 24.1. The highest BCUT2D eigenvalue weighted by molar-refractivity contribution is 5.94. The number of hydrogen-bond acceptors (Lipinski definition) is 6. The summed E-state index contributed by atoms with van der Waals surface area (Å²) in [4.78, 5) is 54.8. The van der Waals surface area contributed by atoms with Crippen LogP contribution in [0.2, 0.25) is 0 Å². The normalized spacial score (nSPS) is 19.5. The van der Waals surface area contributed by atoms with Crippen molar-refractivity contribution in [3.05, 3.63) is 87.7 Å². The molecule has 2 aliphatic rings. The highest BCUT2D eigenvalue weighted by Crippen LogP contribution is 2.29. The van der Waals surface area contributed by atoms with Crippen LogP contribution in [0.5, 0.6) is 0 Å². The van der Waals surface area contributed by atoms with Crippen molar-refractivity contribution in [3.63, 3.8) is 0 Å². The monoisotopic (exact) mass is 606 g/mol. The minimum absolute atomic E-state index is 0.00928. The van der Waals surface area contributed by atoms with Crippen LogP contribution in [0.3, 0.4) is 0 Å². The lowest BCUT2D eigenvalue weighted by Crippen LogP contribution is -2.54. The second-order valence-electron chi connectivity index (χ2n) is 11.4. The molecule has 2 heterocycles. The largest absolute Gasteiger partial charge is 0.354 e. The van der Waals surface area contributed by atoms with E-state index in [1.165, 1.54) is 41.3 Å². The average molecular weight is 607 g/mol. The first-order valence-electron chi connectivity index (χ1n) is 14.6. The number of non-ortho nitro benzene ring substituents is 1. The number of aromatic nitrogens is 2. The van der Waals surface area contributed by atoms with E-state index in [1.54, 1.807) is 18.5 Å². The number of nitrogens with one attached hydrogen (secondary N) is 3. The second-order valence-corrected chi connectivity index (χ2v) is 11.4. The molecule has 44 heavy (non-hydrogen) atoms. The van der Waals surface area contributed by atoms with Crippen molar-refractivity contribution in [1.29, 1.82) is 0 Å². The van der Waals surface area contributed by atoms with Gasteiger partial charge in [-0.05, 0) is 60.9 Å². The molecule has 1 aliphatic carbocycles. The van der Waals surface area contributed by atoms with Crippen LogP contribution in [0.4, 0.5) is 25.4 Å². The van der Waals surface area contributed by atoms with Crippen LogP contribution < -0.4 is 21.7 Å². The zero-order valence-corrected chi connectivity index (χ0v) is 24.1. The summed E-state index contributed by atoms with van der Waals surface area (Å²) >= 11 is 0. The third-order valence-electron chi connectivity index (χ3n) is 8.30. The number of fused-ring (bicyclic) bond motifs is 1. The highest BCUT2D eigenvalue weighted by Gasteiger charge is 2.37. The molecule has 0 saturated heterocycles. The number of nitrogens with zero attached hydrogens (tertiary/aromatic N) is 4. The molecule has 1 aromatic heterocycles. The van der Waals surface area contributed by atoms with Crippen molar-refractivity contribution >= 4 is 29.3 Å². The fourth-order valence-corrected chi connectivity index (χ4v) is 5.98. The van der Waals surface area contributed by atoms with Gasteiger partial charge in [0, 0.05) is 43.9 Å². The van der Waals surface area contributed by atoms with E-state index in [0.29, 0.717) is 31.0 Å². The van der Waals surface area contributed by atoms with Crippen molar-refractivity contribution in [3.8, 4) is 0 Å². The summed E-state index contributed by atoms with van der Waals surface area (Å²) in [7, 11) is 0. The van der Waals surface area contributed by atoms with Gasteiger partial charge in [0.05, 0.1) is 29.2 Å². The van der Waals surface area contributed by atoms with Crippen LogP contribution >= 0.6 is 0 Å². The summed E-state index contributed by atoms with van der Waals surface area (Å²) in [6.07, 6.45) is 5.60. The molecule has 5 N–H and O–H groups in total. The predicted octanol–water partition coefficient (Wildman–Crippen LogP) is 3.53. The standard InChI is InChI=1S/C30H35FN8O5/c31-22-6-8-23(9-7-22)36-30(42)38-17-27-25(35-18-37(27)16-19-4-10-24(11-5-19)39(43)44)13-26(38)28(40)33-14-20-2-1-3-21(12-20)15-34-29(32)41/h4-11,18,20-21,26H,1-3,12-17H2,(H,33,40)(H,36,42)(H3,32,34,41). The van der Waals surface area contributed by atoms with Crippen molar-refractivity contribution in [2.24, 2.45) is 17.6 Å². The zero-order chi connectivity index (χ0) is 31.2. The fraction of sp³-hybridized carbons (Fsp3) is 0.400. The molecule has 1 fully saturated rings. The molecule has 0 spiro atoms. The van der Waals surface area contributed by atoms with Gasteiger partial charge in [0.2, 0.25) is 5.91 Å². The number of nitro benzene ring substituents is 1. The van der Waals surface area contributed by atoms with E-state index < -0.39 is 28.8 Å². The molecule has 0 bridgehead atoms. The number of nitro groups is 1. The molecule has 3 aromatic rings. The van der Waals surface area contributed by atoms with Crippen LogP contribution in [0.15, 0.2) is 54.9 Å². The van der Waals surface area contributed by atoms with Crippen LogP contribution in [0, 0.1) is 27.8 Å². The van der Waals surface area contributed by atoms with Crippen LogP contribution in [0.25, 0.3) is 0 Å². The maximum atomic E-state index is 13.6. The molecule has 13 nitrogen and oxygen atoms in total. The van der Waals surface area contributed by atoms with Crippen LogP contribution in [-0.4, -0.2) is 56.5 Å². The summed E-state index contributed by atoms with van der Waals surface area (Å²) < 4.78 is 15.3. The van der Waals surface area contributed by atoms with Gasteiger partial charge >= 0.3 is 12.1 Å². The number of rotatable bonds is 9. The number of benzene rings is 2.